The standard InChI is InChI=1S/C22H25Cl2NO/c23-19-8-9-22(21(24)13-19)26-11-10-25-14-16(15-25)6-7-18-12-20(18)17-4-2-1-3-5-17/h1-5,8-9,13,16,18,20H,6-7,10-12,14-15H2/t18-,20+/m1/s1. The number of benzene rings is 2. The fraction of sp³-hybridized carbons (Fsp3) is 0.455. The smallest absolute Gasteiger partial charge is 0.138 e. The van der Waals surface area contributed by atoms with Crippen molar-refractivity contribution in [1.82, 2.24) is 4.90 Å². The van der Waals surface area contributed by atoms with Crippen LogP contribution in [0.15, 0.2) is 48.5 Å². The fourth-order valence-electron chi connectivity index (χ4n) is 4.04. The van der Waals surface area contributed by atoms with Crippen molar-refractivity contribution < 1.29 is 4.74 Å². The molecule has 0 aromatic heterocycles. The Kier molecular flexibility index (Phi) is 5.73. The number of halogens is 2. The van der Waals surface area contributed by atoms with E-state index in [1.807, 2.05) is 12.1 Å². The first-order chi connectivity index (χ1) is 12.7. The van der Waals surface area contributed by atoms with Gasteiger partial charge in [-0.1, -0.05) is 53.5 Å². The van der Waals surface area contributed by atoms with Crippen LogP contribution in [-0.2, 0) is 0 Å². The number of hydrogen-bond donors (Lipinski definition) is 0. The molecule has 2 aromatic carbocycles. The third-order valence-electron chi connectivity index (χ3n) is 5.69. The second kappa shape index (κ2) is 8.21. The van der Waals surface area contributed by atoms with Crippen LogP contribution in [0.25, 0.3) is 0 Å². The minimum Gasteiger partial charge on any atom is -0.491 e. The Bertz CT molecular complexity index is 730. The van der Waals surface area contributed by atoms with Crippen LogP contribution in [0.4, 0.5) is 0 Å². The quantitative estimate of drug-likeness (QED) is 0.557. The molecule has 1 saturated carbocycles. The maximum absolute atomic E-state index is 6.13. The summed E-state index contributed by atoms with van der Waals surface area (Å²) < 4.78 is 5.77. The molecule has 4 heteroatoms. The normalized spacial score (nSPS) is 22.8. The highest BCUT2D eigenvalue weighted by molar-refractivity contribution is 6.35. The fourth-order valence-corrected chi connectivity index (χ4v) is 4.51. The molecular formula is C22H25Cl2NO. The summed E-state index contributed by atoms with van der Waals surface area (Å²) in [6.07, 6.45) is 4.14. The molecular weight excluding hydrogens is 365 g/mol. The van der Waals surface area contributed by atoms with E-state index in [1.165, 1.54) is 37.9 Å². The van der Waals surface area contributed by atoms with E-state index in [1.54, 1.807) is 6.07 Å². The Morgan fingerprint density at radius 3 is 2.58 bits per heavy atom. The second-order valence-corrected chi connectivity index (χ2v) is 8.48. The third kappa shape index (κ3) is 4.54. The summed E-state index contributed by atoms with van der Waals surface area (Å²) in [5.41, 5.74) is 1.53. The van der Waals surface area contributed by atoms with E-state index in [2.05, 4.69) is 35.2 Å². The summed E-state index contributed by atoms with van der Waals surface area (Å²) >= 11 is 12.0. The highest BCUT2D eigenvalue weighted by Crippen LogP contribution is 2.50. The first-order valence-electron chi connectivity index (χ1n) is 9.54. The predicted molar refractivity (Wildman–Crippen MR) is 108 cm³/mol. The van der Waals surface area contributed by atoms with Gasteiger partial charge in [-0.2, -0.15) is 0 Å². The highest BCUT2D eigenvalue weighted by Gasteiger charge is 2.38. The van der Waals surface area contributed by atoms with Crippen molar-refractivity contribution >= 4 is 23.2 Å². The van der Waals surface area contributed by atoms with Crippen molar-refractivity contribution in [3.8, 4) is 5.75 Å². The van der Waals surface area contributed by atoms with Crippen LogP contribution in [0.5, 0.6) is 5.75 Å². The van der Waals surface area contributed by atoms with Gasteiger partial charge in [-0.3, -0.25) is 4.90 Å². The second-order valence-electron chi connectivity index (χ2n) is 7.64. The lowest BCUT2D eigenvalue weighted by Crippen LogP contribution is -2.48. The van der Waals surface area contributed by atoms with Gasteiger partial charge in [-0.05, 0) is 60.8 Å². The Morgan fingerprint density at radius 2 is 1.81 bits per heavy atom. The van der Waals surface area contributed by atoms with E-state index in [0.717, 1.165) is 24.3 Å². The first kappa shape index (κ1) is 18.2. The Labute approximate surface area is 166 Å². The Hall–Kier alpha value is -1.22. The van der Waals surface area contributed by atoms with Crippen molar-refractivity contribution in [3.63, 3.8) is 0 Å². The monoisotopic (exact) mass is 389 g/mol. The van der Waals surface area contributed by atoms with Crippen molar-refractivity contribution in [2.75, 3.05) is 26.2 Å². The number of ether oxygens (including phenoxy) is 1. The zero-order valence-corrected chi connectivity index (χ0v) is 16.4. The van der Waals surface area contributed by atoms with E-state index in [-0.39, 0.29) is 0 Å². The zero-order valence-electron chi connectivity index (χ0n) is 14.9. The summed E-state index contributed by atoms with van der Waals surface area (Å²) in [4.78, 5) is 2.47. The van der Waals surface area contributed by atoms with Gasteiger partial charge in [0.15, 0.2) is 0 Å². The molecule has 26 heavy (non-hydrogen) atoms. The van der Waals surface area contributed by atoms with Gasteiger partial charge >= 0.3 is 0 Å². The minimum absolute atomic E-state index is 0.580. The van der Waals surface area contributed by atoms with Crippen molar-refractivity contribution in [2.45, 2.75) is 25.2 Å². The average Bonchev–Trinajstić information content (AvgIpc) is 3.38. The number of likely N-dealkylation sites (tertiary alicyclic amines) is 1. The molecule has 0 bridgehead atoms. The minimum atomic E-state index is 0.580. The molecule has 2 fully saturated rings. The number of hydrogen-bond acceptors (Lipinski definition) is 2. The van der Waals surface area contributed by atoms with Crippen LogP contribution in [0.2, 0.25) is 10.0 Å². The van der Waals surface area contributed by atoms with Gasteiger partial charge in [0, 0.05) is 24.7 Å². The summed E-state index contributed by atoms with van der Waals surface area (Å²) in [6.45, 7) is 4.05. The molecule has 0 unspecified atom stereocenters. The van der Waals surface area contributed by atoms with E-state index in [9.17, 15) is 0 Å². The van der Waals surface area contributed by atoms with E-state index in [4.69, 9.17) is 27.9 Å². The molecule has 138 valence electrons. The van der Waals surface area contributed by atoms with Crippen LogP contribution in [0, 0.1) is 11.8 Å². The molecule has 2 nitrogen and oxygen atoms in total. The summed E-state index contributed by atoms with van der Waals surface area (Å²) in [5.74, 6) is 3.33. The van der Waals surface area contributed by atoms with Crippen LogP contribution < -0.4 is 4.74 Å². The Balaban J connectivity index is 1.09. The summed E-state index contributed by atoms with van der Waals surface area (Å²) in [7, 11) is 0. The van der Waals surface area contributed by atoms with Gasteiger partial charge in [-0.25, -0.2) is 0 Å². The van der Waals surface area contributed by atoms with Gasteiger partial charge in [0.1, 0.15) is 12.4 Å². The van der Waals surface area contributed by atoms with Gasteiger partial charge in [0.05, 0.1) is 5.02 Å². The lowest BCUT2D eigenvalue weighted by Gasteiger charge is -2.39. The lowest BCUT2D eigenvalue weighted by molar-refractivity contribution is 0.0754. The van der Waals surface area contributed by atoms with Crippen LogP contribution in [0.3, 0.4) is 0 Å². The number of nitrogens with zero attached hydrogens (tertiary/aromatic N) is 1. The maximum atomic E-state index is 6.13. The molecule has 0 radical (unpaired) electrons. The van der Waals surface area contributed by atoms with Crippen LogP contribution >= 0.6 is 23.2 Å². The highest BCUT2D eigenvalue weighted by atomic mass is 35.5. The molecule has 1 aliphatic heterocycles. The van der Waals surface area contributed by atoms with Crippen molar-refractivity contribution in [3.05, 3.63) is 64.1 Å². The molecule has 4 rings (SSSR count). The van der Waals surface area contributed by atoms with Crippen molar-refractivity contribution in [1.29, 1.82) is 0 Å². The zero-order chi connectivity index (χ0) is 17.9. The van der Waals surface area contributed by atoms with Gasteiger partial charge in [0.25, 0.3) is 0 Å². The summed E-state index contributed by atoms with van der Waals surface area (Å²) in [5, 5.41) is 1.22. The average molecular weight is 390 g/mol. The molecule has 2 atom stereocenters. The molecule has 1 saturated heterocycles. The molecule has 2 aliphatic rings. The molecule has 2 aromatic rings. The topological polar surface area (TPSA) is 12.5 Å². The maximum Gasteiger partial charge on any atom is 0.138 e. The lowest BCUT2D eigenvalue weighted by atomic mass is 9.93. The Morgan fingerprint density at radius 1 is 1.00 bits per heavy atom. The SMILES string of the molecule is Clc1ccc(OCCN2CC(CC[C@@H]3C[C@H]3c3ccccc3)C2)c(Cl)c1. The van der Waals surface area contributed by atoms with Crippen molar-refractivity contribution in [2.24, 2.45) is 11.8 Å². The van der Waals surface area contributed by atoms with E-state index in [0.29, 0.717) is 22.4 Å². The van der Waals surface area contributed by atoms with E-state index >= 15 is 0 Å². The largest absolute Gasteiger partial charge is 0.491 e. The molecule has 1 heterocycles. The van der Waals surface area contributed by atoms with Gasteiger partial charge in [-0.15, -0.1) is 0 Å². The van der Waals surface area contributed by atoms with Gasteiger partial charge < -0.3 is 4.74 Å². The van der Waals surface area contributed by atoms with Crippen LogP contribution in [0.1, 0.15) is 30.7 Å². The summed E-state index contributed by atoms with van der Waals surface area (Å²) in [6, 6.07) is 16.4. The molecule has 0 amide bonds. The number of rotatable bonds is 8. The molecule has 1 aliphatic carbocycles. The van der Waals surface area contributed by atoms with Crippen LogP contribution in [-0.4, -0.2) is 31.1 Å². The third-order valence-corrected chi connectivity index (χ3v) is 6.22. The van der Waals surface area contributed by atoms with E-state index < -0.39 is 0 Å². The van der Waals surface area contributed by atoms with Gasteiger partial charge in [0.2, 0.25) is 0 Å². The molecule has 0 spiro atoms. The predicted octanol–water partition coefficient (Wildman–Crippen LogP) is 5.89. The molecule has 0 N–H and O–H groups in total. The first-order valence-corrected chi connectivity index (χ1v) is 10.3.